The molecule has 4 rings (SSSR count). The second-order valence-corrected chi connectivity index (χ2v) is 7.67. The summed E-state index contributed by atoms with van der Waals surface area (Å²) in [7, 11) is 0. The first-order valence-corrected chi connectivity index (χ1v) is 11.3. The van der Waals surface area contributed by atoms with E-state index in [0.717, 1.165) is 11.1 Å². The van der Waals surface area contributed by atoms with Gasteiger partial charge in [0, 0.05) is 0 Å². The van der Waals surface area contributed by atoms with Gasteiger partial charge in [-0.25, -0.2) is 9.98 Å². The van der Waals surface area contributed by atoms with Crippen LogP contribution in [0.4, 0.5) is 11.4 Å². The van der Waals surface area contributed by atoms with Gasteiger partial charge in [0.25, 0.3) is 0 Å². The fourth-order valence-corrected chi connectivity index (χ4v) is 4.04. The Labute approximate surface area is 199 Å². The summed E-state index contributed by atoms with van der Waals surface area (Å²) in [5.41, 5.74) is 3.99. The average molecular weight is 455 g/mol. The van der Waals surface area contributed by atoms with Crippen molar-refractivity contribution in [2.45, 2.75) is 13.8 Å². The molecule has 0 atom stereocenters. The number of carbonyl (C=O) groups excluding carboxylic acids is 2. The van der Waals surface area contributed by atoms with Crippen LogP contribution in [0, 0.1) is 11.8 Å². The van der Waals surface area contributed by atoms with E-state index in [4.69, 9.17) is 19.5 Å². The zero-order chi connectivity index (χ0) is 23.9. The number of hydrogen-bond donors (Lipinski definition) is 0. The Balaban J connectivity index is 2.03. The third kappa shape index (κ3) is 4.81. The van der Waals surface area contributed by atoms with E-state index in [0.29, 0.717) is 22.8 Å². The molecule has 0 bridgehead atoms. The molecule has 3 aromatic rings. The van der Waals surface area contributed by atoms with E-state index in [2.05, 4.69) is 0 Å². The molecule has 0 unspecified atom stereocenters. The maximum atomic E-state index is 13.3. The quantitative estimate of drug-likeness (QED) is 0.359. The van der Waals surface area contributed by atoms with E-state index in [1.165, 1.54) is 0 Å². The first kappa shape index (κ1) is 23.1. The second kappa shape index (κ2) is 10.7. The van der Waals surface area contributed by atoms with Gasteiger partial charge in [0.05, 0.1) is 41.9 Å². The van der Waals surface area contributed by atoms with Crippen LogP contribution >= 0.6 is 0 Å². The Morgan fingerprint density at radius 1 is 0.676 bits per heavy atom. The van der Waals surface area contributed by atoms with Gasteiger partial charge in [-0.05, 0) is 37.1 Å². The molecule has 0 aliphatic carbocycles. The Morgan fingerprint density at radius 2 is 1.06 bits per heavy atom. The van der Waals surface area contributed by atoms with Gasteiger partial charge in [-0.2, -0.15) is 0 Å². The Morgan fingerprint density at radius 3 is 1.44 bits per heavy atom. The summed E-state index contributed by atoms with van der Waals surface area (Å²) in [5.74, 6) is -3.42. The smallest absolute Gasteiger partial charge is 0.321 e. The van der Waals surface area contributed by atoms with Crippen LogP contribution in [0.25, 0.3) is 0 Å². The van der Waals surface area contributed by atoms with Gasteiger partial charge in [-0.15, -0.1) is 0 Å². The summed E-state index contributed by atoms with van der Waals surface area (Å²) < 4.78 is 10.7. The number of carbonyl (C=O) groups is 2. The molecule has 0 radical (unpaired) electrons. The molecule has 0 saturated heterocycles. The van der Waals surface area contributed by atoms with Gasteiger partial charge in [-0.3, -0.25) is 9.59 Å². The molecule has 1 heterocycles. The van der Waals surface area contributed by atoms with E-state index < -0.39 is 23.8 Å². The van der Waals surface area contributed by atoms with E-state index >= 15 is 0 Å². The van der Waals surface area contributed by atoms with Gasteiger partial charge in [0.15, 0.2) is 5.92 Å². The van der Waals surface area contributed by atoms with Crippen LogP contribution in [0.1, 0.15) is 25.0 Å². The van der Waals surface area contributed by atoms with E-state index in [9.17, 15) is 9.59 Å². The van der Waals surface area contributed by atoms with Crippen molar-refractivity contribution in [3.8, 4) is 0 Å². The van der Waals surface area contributed by atoms with E-state index in [-0.39, 0.29) is 13.2 Å². The summed E-state index contributed by atoms with van der Waals surface area (Å²) >= 11 is 0. The fourth-order valence-electron chi connectivity index (χ4n) is 4.04. The lowest BCUT2D eigenvalue weighted by Crippen LogP contribution is -2.43. The molecule has 1 aliphatic heterocycles. The van der Waals surface area contributed by atoms with Crippen molar-refractivity contribution in [2.75, 3.05) is 13.2 Å². The second-order valence-electron chi connectivity index (χ2n) is 7.67. The van der Waals surface area contributed by atoms with Crippen LogP contribution in [0.2, 0.25) is 0 Å². The summed E-state index contributed by atoms with van der Waals surface area (Å²) in [6, 6.07) is 26.6. The molecule has 0 N–H and O–H groups in total. The van der Waals surface area contributed by atoms with Crippen molar-refractivity contribution in [2.24, 2.45) is 21.8 Å². The maximum absolute atomic E-state index is 13.3. The SMILES string of the molecule is CCOC(=O)C(C(=O)OCC)C1C(c2ccccc2)=Nc2ccccc2N=C1c1ccccc1. The summed E-state index contributed by atoms with van der Waals surface area (Å²) in [5, 5.41) is 0. The molecule has 3 aromatic carbocycles. The minimum absolute atomic E-state index is 0.136. The first-order valence-electron chi connectivity index (χ1n) is 11.3. The third-order valence-corrected chi connectivity index (χ3v) is 5.51. The van der Waals surface area contributed by atoms with Crippen LogP contribution in [0.5, 0.6) is 0 Å². The lowest BCUT2D eigenvalue weighted by atomic mass is 9.79. The van der Waals surface area contributed by atoms with Crippen LogP contribution in [0.3, 0.4) is 0 Å². The van der Waals surface area contributed by atoms with E-state index in [1.54, 1.807) is 13.8 Å². The number of rotatable bonds is 7. The van der Waals surface area contributed by atoms with E-state index in [1.807, 2.05) is 84.9 Å². The maximum Gasteiger partial charge on any atom is 0.321 e. The number of fused-ring (bicyclic) bond motifs is 1. The highest BCUT2D eigenvalue weighted by Gasteiger charge is 2.44. The van der Waals surface area contributed by atoms with Crippen LogP contribution < -0.4 is 0 Å². The highest BCUT2D eigenvalue weighted by molar-refractivity contribution is 6.26. The molecule has 0 saturated carbocycles. The molecular formula is C28H26N2O4. The summed E-state index contributed by atoms with van der Waals surface area (Å²) in [4.78, 5) is 36.4. The number of aliphatic imine (C=N–C) groups is 2. The third-order valence-electron chi connectivity index (χ3n) is 5.51. The predicted molar refractivity (Wildman–Crippen MR) is 132 cm³/mol. The van der Waals surface area contributed by atoms with Crippen LogP contribution in [-0.2, 0) is 19.1 Å². The highest BCUT2D eigenvalue weighted by atomic mass is 16.6. The standard InChI is InChI=1S/C28H26N2O4/c1-3-33-27(31)24(28(32)34-4-2)23-25(19-13-7-5-8-14-19)29-21-17-11-12-18-22(21)30-26(23)20-15-9-6-10-16-20/h5-18,23-24H,3-4H2,1-2H3. The molecule has 1 aliphatic rings. The Bertz CT molecular complexity index is 1120. The lowest BCUT2D eigenvalue weighted by molar-refractivity contribution is -0.162. The normalized spacial score (nSPS) is 13.4. The largest absolute Gasteiger partial charge is 0.465 e. The molecule has 0 amide bonds. The molecule has 6 heteroatoms. The number of para-hydroxylation sites is 2. The van der Waals surface area contributed by atoms with Gasteiger partial charge in [0.1, 0.15) is 0 Å². The average Bonchev–Trinajstić information content (AvgIpc) is 3.03. The minimum Gasteiger partial charge on any atom is -0.465 e. The van der Waals surface area contributed by atoms with Crippen molar-refractivity contribution in [3.05, 3.63) is 96.1 Å². The Kier molecular flexibility index (Phi) is 7.28. The number of benzene rings is 3. The molecule has 6 nitrogen and oxygen atoms in total. The fraction of sp³-hybridized carbons (Fsp3) is 0.214. The topological polar surface area (TPSA) is 77.3 Å². The summed E-state index contributed by atoms with van der Waals surface area (Å²) in [6.07, 6.45) is 0. The van der Waals surface area contributed by atoms with Crippen molar-refractivity contribution in [1.29, 1.82) is 0 Å². The summed E-state index contributed by atoms with van der Waals surface area (Å²) in [6.45, 7) is 3.69. The van der Waals surface area contributed by atoms with Crippen molar-refractivity contribution in [1.82, 2.24) is 0 Å². The van der Waals surface area contributed by atoms with Crippen molar-refractivity contribution >= 4 is 34.7 Å². The predicted octanol–water partition coefficient (Wildman–Crippen LogP) is 5.30. The lowest BCUT2D eigenvalue weighted by Gasteiger charge is -2.26. The zero-order valence-electron chi connectivity index (χ0n) is 19.2. The van der Waals surface area contributed by atoms with Crippen LogP contribution in [0.15, 0.2) is 94.9 Å². The molecule has 34 heavy (non-hydrogen) atoms. The highest BCUT2D eigenvalue weighted by Crippen LogP contribution is 2.37. The molecule has 0 aromatic heterocycles. The monoisotopic (exact) mass is 454 g/mol. The molecule has 172 valence electrons. The number of ether oxygens (including phenoxy) is 2. The minimum atomic E-state index is -1.27. The molecule has 0 fully saturated rings. The zero-order valence-corrected chi connectivity index (χ0v) is 19.2. The number of esters is 2. The molecular weight excluding hydrogens is 428 g/mol. The number of nitrogens with zero attached hydrogens (tertiary/aromatic N) is 2. The van der Waals surface area contributed by atoms with Crippen LogP contribution in [-0.4, -0.2) is 36.6 Å². The van der Waals surface area contributed by atoms with Gasteiger partial charge >= 0.3 is 11.9 Å². The van der Waals surface area contributed by atoms with Gasteiger partial charge < -0.3 is 9.47 Å². The number of hydrogen-bond acceptors (Lipinski definition) is 6. The van der Waals surface area contributed by atoms with Crippen molar-refractivity contribution in [3.63, 3.8) is 0 Å². The van der Waals surface area contributed by atoms with Crippen molar-refractivity contribution < 1.29 is 19.1 Å². The molecule has 0 spiro atoms. The first-order chi connectivity index (χ1) is 16.6. The van der Waals surface area contributed by atoms with Gasteiger partial charge in [-0.1, -0.05) is 72.8 Å². The van der Waals surface area contributed by atoms with Gasteiger partial charge in [0.2, 0.25) is 0 Å². The Hall–Kier alpha value is -4.06.